The number of nitrogens with two attached hydrogens (primary N) is 1. The van der Waals surface area contributed by atoms with E-state index in [0.717, 1.165) is 43.7 Å². The zero-order valence-electron chi connectivity index (χ0n) is 18.6. The zero-order chi connectivity index (χ0) is 22.6. The molecule has 0 fully saturated rings. The average molecular weight is 437 g/mol. The number of ether oxygens (including phenoxy) is 1. The van der Waals surface area contributed by atoms with Crippen molar-refractivity contribution in [1.82, 2.24) is 0 Å². The summed E-state index contributed by atoms with van der Waals surface area (Å²) in [5.41, 5.74) is 13.7. The van der Waals surface area contributed by atoms with Gasteiger partial charge in [0.2, 0.25) is 0 Å². The molecule has 0 bridgehead atoms. The maximum absolute atomic E-state index is 9.82. The SMILES string of the molecule is C.CCOC(C)=O.CC[C@@H](CN)Cc1ccco1.CC[C@@H](CN=[N+]=[N-])Cc1ccco1. The van der Waals surface area contributed by atoms with Crippen molar-refractivity contribution in [2.75, 3.05) is 19.7 Å². The van der Waals surface area contributed by atoms with Crippen LogP contribution in [0.15, 0.2) is 50.7 Å². The summed E-state index contributed by atoms with van der Waals surface area (Å²) >= 11 is 0. The second-order valence-corrected chi connectivity index (χ2v) is 6.69. The van der Waals surface area contributed by atoms with Crippen molar-refractivity contribution in [2.45, 2.75) is 60.8 Å². The van der Waals surface area contributed by atoms with Gasteiger partial charge in [-0.1, -0.05) is 39.2 Å². The number of hydrogen-bond donors (Lipinski definition) is 1. The van der Waals surface area contributed by atoms with E-state index in [-0.39, 0.29) is 13.4 Å². The van der Waals surface area contributed by atoms with Crippen LogP contribution in [0.4, 0.5) is 0 Å². The van der Waals surface area contributed by atoms with Gasteiger partial charge in [-0.15, -0.1) is 0 Å². The number of azide groups is 1. The topological polar surface area (TPSA) is 127 Å². The van der Waals surface area contributed by atoms with E-state index in [1.807, 2.05) is 24.3 Å². The van der Waals surface area contributed by atoms with Crippen LogP contribution in [-0.2, 0) is 22.4 Å². The second kappa shape index (κ2) is 20.6. The summed E-state index contributed by atoms with van der Waals surface area (Å²) in [7, 11) is 0. The third-order valence-corrected chi connectivity index (χ3v) is 4.38. The number of nitrogens with zero attached hydrogens (tertiary/aromatic N) is 3. The lowest BCUT2D eigenvalue weighted by atomic mass is 10.0. The molecule has 2 rings (SSSR count). The van der Waals surface area contributed by atoms with E-state index in [2.05, 4.69) is 28.6 Å². The standard InChI is InChI=1S/C9H13N3O.C9H15NO.C4H8O2.CH4/c1-2-8(7-11-12-10)6-9-4-3-5-13-9;1-2-8(7-10)6-9-4-3-5-11-9;1-3-6-4(2)5;/h3-5,8H,2,6-7H2,1H3;3-5,8H,2,6-7,10H2,1H3;3H2,1-2H3;1H4/t2*8-;;/m11../s1. The summed E-state index contributed by atoms with van der Waals surface area (Å²) in [6, 6.07) is 7.73. The van der Waals surface area contributed by atoms with E-state index in [1.54, 1.807) is 19.5 Å². The lowest BCUT2D eigenvalue weighted by Gasteiger charge is -2.08. The van der Waals surface area contributed by atoms with Crippen LogP contribution in [0.1, 0.15) is 59.5 Å². The summed E-state index contributed by atoms with van der Waals surface area (Å²) in [6.45, 7) is 9.19. The van der Waals surface area contributed by atoms with Crippen LogP contribution in [0.3, 0.4) is 0 Å². The van der Waals surface area contributed by atoms with Crippen LogP contribution < -0.4 is 5.73 Å². The van der Waals surface area contributed by atoms with Gasteiger partial charge in [-0.3, -0.25) is 4.79 Å². The van der Waals surface area contributed by atoms with E-state index >= 15 is 0 Å². The van der Waals surface area contributed by atoms with Gasteiger partial charge in [0.05, 0.1) is 19.1 Å². The fourth-order valence-corrected chi connectivity index (χ4v) is 2.51. The maximum Gasteiger partial charge on any atom is 0.302 e. The number of rotatable bonds is 10. The molecule has 0 saturated carbocycles. The molecule has 2 aromatic heterocycles. The quantitative estimate of drug-likeness (QED) is 0.206. The first kappa shape index (κ1) is 30.5. The molecule has 0 aromatic carbocycles. The first-order chi connectivity index (χ1) is 14.5. The highest BCUT2D eigenvalue weighted by Crippen LogP contribution is 2.13. The molecular formula is C23H40N4O4. The third-order valence-electron chi connectivity index (χ3n) is 4.38. The third kappa shape index (κ3) is 16.7. The second-order valence-electron chi connectivity index (χ2n) is 6.69. The van der Waals surface area contributed by atoms with Crippen LogP contribution >= 0.6 is 0 Å². The lowest BCUT2D eigenvalue weighted by Crippen LogP contribution is -2.15. The summed E-state index contributed by atoms with van der Waals surface area (Å²) in [5, 5.41) is 3.56. The zero-order valence-corrected chi connectivity index (χ0v) is 18.6. The van der Waals surface area contributed by atoms with Crippen LogP contribution in [0, 0.1) is 11.8 Å². The minimum Gasteiger partial charge on any atom is -0.469 e. The van der Waals surface area contributed by atoms with Crippen molar-refractivity contribution in [3.05, 3.63) is 58.8 Å². The van der Waals surface area contributed by atoms with E-state index in [4.69, 9.17) is 20.1 Å². The highest BCUT2D eigenvalue weighted by atomic mass is 16.5. The smallest absolute Gasteiger partial charge is 0.302 e. The molecule has 0 amide bonds. The number of esters is 1. The normalized spacial score (nSPS) is 11.3. The van der Waals surface area contributed by atoms with Gasteiger partial charge in [0.25, 0.3) is 0 Å². The largest absolute Gasteiger partial charge is 0.469 e. The Labute approximate surface area is 186 Å². The highest BCUT2D eigenvalue weighted by molar-refractivity contribution is 5.65. The Kier molecular flexibility index (Phi) is 20.2. The van der Waals surface area contributed by atoms with Gasteiger partial charge in [0.15, 0.2) is 0 Å². The molecule has 176 valence electrons. The first-order valence-corrected chi connectivity index (χ1v) is 10.4. The Balaban J connectivity index is 0. The van der Waals surface area contributed by atoms with E-state index < -0.39 is 0 Å². The van der Waals surface area contributed by atoms with Crippen molar-refractivity contribution < 1.29 is 18.4 Å². The lowest BCUT2D eigenvalue weighted by molar-refractivity contribution is -0.140. The number of carbonyl (C=O) groups excluding carboxylic acids is 1. The van der Waals surface area contributed by atoms with Gasteiger partial charge in [-0.05, 0) is 55.1 Å². The Morgan fingerprint density at radius 1 is 1.10 bits per heavy atom. The first-order valence-electron chi connectivity index (χ1n) is 10.4. The molecule has 0 saturated heterocycles. The highest BCUT2D eigenvalue weighted by Gasteiger charge is 2.07. The van der Waals surface area contributed by atoms with E-state index in [1.165, 1.54) is 6.92 Å². The molecule has 2 aromatic rings. The monoisotopic (exact) mass is 436 g/mol. The molecule has 31 heavy (non-hydrogen) atoms. The summed E-state index contributed by atoms with van der Waals surface area (Å²) in [6.07, 6.45) is 7.31. The van der Waals surface area contributed by atoms with E-state index in [0.29, 0.717) is 25.0 Å². The molecule has 0 aliphatic heterocycles. The molecule has 2 N–H and O–H groups in total. The number of furan rings is 2. The Hall–Kier alpha value is -2.70. The minimum absolute atomic E-state index is 0. The van der Waals surface area contributed by atoms with Crippen LogP contribution in [0.2, 0.25) is 0 Å². The molecule has 0 spiro atoms. The Morgan fingerprint density at radius 2 is 1.61 bits per heavy atom. The van der Waals surface area contributed by atoms with Gasteiger partial charge in [0.1, 0.15) is 11.5 Å². The van der Waals surface area contributed by atoms with Gasteiger partial charge in [-0.2, -0.15) is 0 Å². The fourth-order valence-electron chi connectivity index (χ4n) is 2.51. The molecule has 0 aliphatic carbocycles. The van der Waals surface area contributed by atoms with Crippen LogP contribution in [0.25, 0.3) is 10.4 Å². The summed E-state index contributed by atoms with van der Waals surface area (Å²) in [4.78, 5) is 12.6. The van der Waals surface area contributed by atoms with Crippen molar-refractivity contribution in [1.29, 1.82) is 0 Å². The molecule has 2 atom stereocenters. The summed E-state index contributed by atoms with van der Waals surface area (Å²) < 4.78 is 14.8. The van der Waals surface area contributed by atoms with Crippen molar-refractivity contribution in [3.8, 4) is 0 Å². The van der Waals surface area contributed by atoms with E-state index in [9.17, 15) is 4.79 Å². The van der Waals surface area contributed by atoms with Gasteiger partial charge in [-0.25, -0.2) is 0 Å². The molecule has 8 heteroatoms. The predicted octanol–water partition coefficient (Wildman–Crippen LogP) is 6.17. The summed E-state index contributed by atoms with van der Waals surface area (Å²) in [5.74, 6) is 2.75. The van der Waals surface area contributed by atoms with Gasteiger partial charge >= 0.3 is 5.97 Å². The minimum atomic E-state index is -0.211. The van der Waals surface area contributed by atoms with Crippen molar-refractivity contribution in [3.63, 3.8) is 0 Å². The molecule has 0 aliphatic rings. The van der Waals surface area contributed by atoms with Gasteiger partial charge < -0.3 is 19.3 Å². The fraction of sp³-hybridized carbons (Fsp3) is 0.609. The van der Waals surface area contributed by atoms with Crippen LogP contribution in [0.5, 0.6) is 0 Å². The maximum atomic E-state index is 9.82. The predicted molar refractivity (Wildman–Crippen MR) is 124 cm³/mol. The molecule has 8 nitrogen and oxygen atoms in total. The molecule has 2 heterocycles. The average Bonchev–Trinajstić information content (AvgIpc) is 3.44. The number of hydrogen-bond acceptors (Lipinski definition) is 6. The Morgan fingerprint density at radius 3 is 1.90 bits per heavy atom. The van der Waals surface area contributed by atoms with Crippen molar-refractivity contribution in [2.24, 2.45) is 22.7 Å². The van der Waals surface area contributed by atoms with Crippen molar-refractivity contribution >= 4 is 5.97 Å². The van der Waals surface area contributed by atoms with Gasteiger partial charge in [0, 0.05) is 31.2 Å². The van der Waals surface area contributed by atoms with Crippen LogP contribution in [-0.4, -0.2) is 25.7 Å². The Bertz CT molecular complexity index is 677. The number of carbonyl (C=O) groups is 1. The molecule has 0 radical (unpaired) electrons. The molecule has 0 unspecified atom stereocenters. The molecular weight excluding hydrogens is 396 g/mol.